The summed E-state index contributed by atoms with van der Waals surface area (Å²) in [6, 6.07) is 5.14. The largest absolute Gasteiger partial charge is 0.494 e. The van der Waals surface area contributed by atoms with Crippen LogP contribution in [0, 0.1) is 24.4 Å². The number of pyridine rings is 2. The first-order chi connectivity index (χ1) is 22.4. The van der Waals surface area contributed by atoms with Crippen molar-refractivity contribution >= 4 is 34.3 Å². The minimum atomic E-state index is -5.68. The zero-order chi connectivity index (χ0) is 35.7. The van der Waals surface area contributed by atoms with Crippen LogP contribution < -0.4 is 20.5 Å². The third-order valence-electron chi connectivity index (χ3n) is 6.95. The molecule has 2 heterocycles. The summed E-state index contributed by atoms with van der Waals surface area (Å²) in [5.41, 5.74) is -2.83. The number of halogens is 9. The zero-order valence-corrected chi connectivity index (χ0v) is 25.4. The maximum Gasteiger partial charge on any atom is 0.424 e. The van der Waals surface area contributed by atoms with Crippen LogP contribution in [0.2, 0.25) is 5.02 Å². The van der Waals surface area contributed by atoms with Crippen molar-refractivity contribution in [3.8, 4) is 22.8 Å². The quantitative estimate of drug-likeness (QED) is 0.138. The molecule has 2 amide bonds. The highest BCUT2D eigenvalue weighted by Crippen LogP contribution is 2.43. The number of nitrogens with two attached hydrogens (primary N) is 1. The van der Waals surface area contributed by atoms with E-state index in [0.717, 1.165) is 6.07 Å². The van der Waals surface area contributed by atoms with Crippen molar-refractivity contribution in [2.45, 2.75) is 31.5 Å². The van der Waals surface area contributed by atoms with Crippen LogP contribution in [-0.4, -0.2) is 59.8 Å². The second-order valence-corrected chi connectivity index (χ2v) is 10.7. The predicted molar refractivity (Wildman–Crippen MR) is 154 cm³/mol. The van der Waals surface area contributed by atoms with Crippen LogP contribution in [0.15, 0.2) is 36.4 Å². The first-order valence-corrected chi connectivity index (χ1v) is 13.8. The van der Waals surface area contributed by atoms with Gasteiger partial charge < -0.3 is 25.6 Å². The molecular formula is C30H23ClF8N4O5. The number of carbonyl (C=O) groups excluding carboxylic acids is 2. The number of nitrogens with zero attached hydrogens (tertiary/aromatic N) is 2. The normalized spacial score (nSPS) is 13.0. The fourth-order valence-corrected chi connectivity index (χ4v) is 4.73. The van der Waals surface area contributed by atoms with Gasteiger partial charge in [-0.15, -0.1) is 0 Å². The smallest absolute Gasteiger partial charge is 0.424 e. The third-order valence-corrected chi connectivity index (χ3v) is 7.33. The summed E-state index contributed by atoms with van der Waals surface area (Å²) in [7, 11) is 1.25. The molecule has 0 aliphatic rings. The predicted octanol–water partition coefficient (Wildman–Crippen LogP) is 5.54. The number of benzene rings is 2. The van der Waals surface area contributed by atoms with Crippen LogP contribution in [0.3, 0.4) is 0 Å². The first kappa shape index (κ1) is 36.1. The van der Waals surface area contributed by atoms with Gasteiger partial charge in [0.15, 0.2) is 17.5 Å². The van der Waals surface area contributed by atoms with E-state index in [1.807, 2.05) is 5.32 Å². The maximum atomic E-state index is 14.9. The zero-order valence-electron chi connectivity index (χ0n) is 24.6. The Morgan fingerprint density at radius 1 is 1.06 bits per heavy atom. The molecule has 48 heavy (non-hydrogen) atoms. The molecule has 9 nitrogen and oxygen atoms in total. The van der Waals surface area contributed by atoms with Gasteiger partial charge in [0.2, 0.25) is 11.5 Å². The molecule has 2 aromatic carbocycles. The molecule has 2 aromatic heterocycles. The summed E-state index contributed by atoms with van der Waals surface area (Å²) in [4.78, 5) is 32.8. The summed E-state index contributed by atoms with van der Waals surface area (Å²) in [5.74, 6) is -9.12. The fourth-order valence-electron chi connectivity index (χ4n) is 4.57. The molecule has 0 unspecified atom stereocenters. The third kappa shape index (κ3) is 7.21. The average Bonchev–Trinajstić information content (AvgIpc) is 3.00. The van der Waals surface area contributed by atoms with Gasteiger partial charge in [0.1, 0.15) is 29.3 Å². The van der Waals surface area contributed by atoms with E-state index < -0.39 is 95.3 Å². The lowest BCUT2D eigenvalue weighted by molar-refractivity contribution is -0.265. The second kappa shape index (κ2) is 13.8. The molecule has 0 bridgehead atoms. The molecule has 4 aromatic rings. The molecule has 0 spiro atoms. The maximum absolute atomic E-state index is 14.9. The number of hydrogen-bond donors (Lipinski definition) is 3. The van der Waals surface area contributed by atoms with Gasteiger partial charge in [-0.1, -0.05) is 11.6 Å². The highest BCUT2D eigenvalue weighted by atomic mass is 35.5. The molecule has 256 valence electrons. The molecule has 18 heteroatoms. The minimum absolute atomic E-state index is 0.0545. The van der Waals surface area contributed by atoms with Crippen LogP contribution in [-0.2, 0) is 16.8 Å². The van der Waals surface area contributed by atoms with Gasteiger partial charge in [-0.25, -0.2) is 31.9 Å². The fraction of sp³-hybridized carbons (Fsp3) is 0.267. The summed E-state index contributed by atoms with van der Waals surface area (Å²) in [6.45, 7) is -1.52. The van der Waals surface area contributed by atoms with Crippen molar-refractivity contribution in [1.82, 2.24) is 15.3 Å². The lowest BCUT2D eigenvalue weighted by Crippen LogP contribution is -2.51. The Morgan fingerprint density at radius 3 is 2.35 bits per heavy atom. The SMILES string of the molecule is COc1cc(C(=O)NC[C@](O)(c2cc(CC(N)=O)c(OCC(F)F)c(-c3ccc(F)c(F)c3F)n2)C(F)(F)F)cc2cc(Cl)c(C)nc12. The Morgan fingerprint density at radius 2 is 1.75 bits per heavy atom. The molecule has 4 N–H and O–H groups in total. The number of hydrogen-bond acceptors (Lipinski definition) is 7. The summed E-state index contributed by atoms with van der Waals surface area (Å²) >= 11 is 6.12. The number of aryl methyl sites for hydroxylation is 1. The van der Waals surface area contributed by atoms with Gasteiger partial charge in [0.25, 0.3) is 12.3 Å². The number of methoxy groups -OCH3 is 1. The van der Waals surface area contributed by atoms with Gasteiger partial charge in [-0.05, 0) is 43.3 Å². The number of rotatable bonds is 11. The van der Waals surface area contributed by atoms with Crippen molar-refractivity contribution in [3.63, 3.8) is 0 Å². The van der Waals surface area contributed by atoms with Crippen LogP contribution in [0.4, 0.5) is 35.1 Å². The van der Waals surface area contributed by atoms with E-state index in [1.165, 1.54) is 19.2 Å². The summed E-state index contributed by atoms with van der Waals surface area (Å²) < 4.78 is 123. The van der Waals surface area contributed by atoms with Gasteiger partial charge in [0, 0.05) is 22.1 Å². The van der Waals surface area contributed by atoms with E-state index in [9.17, 15) is 49.8 Å². The van der Waals surface area contributed by atoms with Crippen molar-refractivity contribution < 1.29 is 59.3 Å². The van der Waals surface area contributed by atoms with E-state index in [4.69, 9.17) is 26.8 Å². The Hall–Kier alpha value is -4.77. The molecule has 4 rings (SSSR count). The number of amides is 2. The lowest BCUT2D eigenvalue weighted by Gasteiger charge is -2.31. The minimum Gasteiger partial charge on any atom is -0.494 e. The Bertz CT molecular complexity index is 1910. The van der Waals surface area contributed by atoms with Crippen LogP contribution in [0.25, 0.3) is 22.2 Å². The molecule has 0 radical (unpaired) electrons. The topological polar surface area (TPSA) is 137 Å². The molecule has 0 aliphatic heterocycles. The number of alkyl halides is 5. The Labute approximate surface area is 270 Å². The van der Waals surface area contributed by atoms with E-state index in [-0.39, 0.29) is 27.2 Å². The Kier molecular flexibility index (Phi) is 10.3. The van der Waals surface area contributed by atoms with Crippen molar-refractivity contribution in [2.75, 3.05) is 20.3 Å². The number of fused-ring (bicyclic) bond motifs is 1. The monoisotopic (exact) mass is 706 g/mol. The van der Waals surface area contributed by atoms with E-state index in [1.54, 1.807) is 6.92 Å². The number of aliphatic hydroxyl groups is 1. The van der Waals surface area contributed by atoms with Gasteiger partial charge in [-0.2, -0.15) is 13.2 Å². The van der Waals surface area contributed by atoms with Gasteiger partial charge in [0.05, 0.1) is 36.5 Å². The number of ether oxygens (including phenoxy) is 2. The molecule has 0 fully saturated rings. The van der Waals surface area contributed by atoms with Crippen molar-refractivity contribution in [1.29, 1.82) is 0 Å². The number of aromatic nitrogens is 2. The molecule has 1 atom stereocenters. The molecule has 0 aliphatic carbocycles. The highest BCUT2D eigenvalue weighted by molar-refractivity contribution is 6.31. The number of carbonyl (C=O) groups is 2. The molecule has 0 saturated heterocycles. The average molecular weight is 707 g/mol. The van der Waals surface area contributed by atoms with E-state index >= 15 is 0 Å². The Balaban J connectivity index is 1.87. The molecular weight excluding hydrogens is 684 g/mol. The van der Waals surface area contributed by atoms with Crippen LogP contribution >= 0.6 is 11.6 Å². The lowest BCUT2D eigenvalue weighted by atomic mass is 9.93. The second-order valence-electron chi connectivity index (χ2n) is 10.3. The van der Waals surface area contributed by atoms with Crippen LogP contribution in [0.1, 0.15) is 27.3 Å². The van der Waals surface area contributed by atoms with Crippen LogP contribution in [0.5, 0.6) is 11.5 Å². The molecule has 0 saturated carbocycles. The van der Waals surface area contributed by atoms with E-state index in [2.05, 4.69) is 9.97 Å². The van der Waals surface area contributed by atoms with Gasteiger partial charge in [-0.3, -0.25) is 9.59 Å². The summed E-state index contributed by atoms with van der Waals surface area (Å²) in [5, 5.41) is 13.5. The highest BCUT2D eigenvalue weighted by Gasteiger charge is 2.57. The standard InChI is InChI=1S/C30H23ClF8N4O5/c1-12-17(31)6-13-5-15(7-19(47-2)25(13)42-12)28(45)41-11-29(46,30(37,38)39)20-8-14(9-22(40)44)27(48-10-21(33)34)26(43-20)16-3-4-18(32)24(36)23(16)35/h3-8,21,46H,9-11H2,1-2H3,(H2,40,44)(H,41,45)/t29-/m0/s1. The van der Waals surface area contributed by atoms with Crippen molar-refractivity contribution in [2.24, 2.45) is 5.73 Å². The van der Waals surface area contributed by atoms with Gasteiger partial charge >= 0.3 is 6.18 Å². The summed E-state index contributed by atoms with van der Waals surface area (Å²) in [6.07, 6.45) is -9.91. The number of nitrogens with one attached hydrogen (secondary N) is 1. The number of primary amides is 1. The van der Waals surface area contributed by atoms with Crippen molar-refractivity contribution in [3.05, 3.63) is 81.4 Å². The first-order valence-electron chi connectivity index (χ1n) is 13.5. The van der Waals surface area contributed by atoms with E-state index in [0.29, 0.717) is 23.9 Å².